The molecule has 4 heterocycles. The number of allylic oxidation sites excluding steroid dienone is 1. The van der Waals surface area contributed by atoms with Crippen LogP contribution in [0.5, 0.6) is 0 Å². The third-order valence-electron chi connectivity index (χ3n) is 6.51. The Morgan fingerprint density at radius 1 is 1.09 bits per heavy atom. The van der Waals surface area contributed by atoms with Gasteiger partial charge < -0.3 is 15.4 Å². The van der Waals surface area contributed by atoms with Crippen molar-refractivity contribution in [3.8, 4) is 17.2 Å². The average molecular weight is 464 g/mol. The van der Waals surface area contributed by atoms with E-state index in [4.69, 9.17) is 10.5 Å². The van der Waals surface area contributed by atoms with E-state index in [2.05, 4.69) is 16.0 Å². The number of nitriles is 1. The fourth-order valence-corrected chi connectivity index (χ4v) is 5.89. The van der Waals surface area contributed by atoms with Crippen LogP contribution in [0.1, 0.15) is 29.5 Å². The Balaban J connectivity index is 1.68. The molecule has 0 spiro atoms. The van der Waals surface area contributed by atoms with Crippen molar-refractivity contribution in [2.24, 2.45) is 5.73 Å². The monoisotopic (exact) mass is 463 g/mol. The highest BCUT2D eigenvalue weighted by molar-refractivity contribution is 7.99. The second-order valence-corrected chi connectivity index (χ2v) is 9.38. The molecule has 3 aromatic rings. The number of hydrogen-bond acceptors (Lipinski definition) is 7. The first kappa shape index (κ1) is 20.4. The molecule has 0 saturated carbocycles. The molecule has 0 aliphatic carbocycles. The smallest absolute Gasteiger partial charge is 0.225 e. The predicted molar refractivity (Wildman–Crippen MR) is 122 cm³/mol. The quantitative estimate of drug-likeness (QED) is 0.598. The zero-order chi connectivity index (χ0) is 22.7. The molecule has 6 rings (SSSR count). The maximum atomic E-state index is 16.3. The van der Waals surface area contributed by atoms with Crippen LogP contribution in [-0.2, 0) is 18.0 Å². The molecule has 2 aromatic carbocycles. The number of halogens is 2. The van der Waals surface area contributed by atoms with Gasteiger partial charge in [-0.3, -0.25) is 0 Å². The zero-order valence-corrected chi connectivity index (χ0v) is 18.4. The number of thioether (sulfide) groups is 1. The summed E-state index contributed by atoms with van der Waals surface area (Å²) in [5.41, 5.74) is 8.58. The lowest BCUT2D eigenvalue weighted by atomic mass is 9.87. The molecular formula is C24H19F2N5OS. The zero-order valence-electron chi connectivity index (χ0n) is 17.6. The second-order valence-electron chi connectivity index (χ2n) is 8.36. The van der Waals surface area contributed by atoms with Crippen LogP contribution in [0.15, 0.2) is 28.9 Å². The van der Waals surface area contributed by atoms with E-state index in [-0.39, 0.29) is 35.4 Å². The Morgan fingerprint density at radius 2 is 1.88 bits per heavy atom. The fourth-order valence-electron chi connectivity index (χ4n) is 4.92. The van der Waals surface area contributed by atoms with Gasteiger partial charge >= 0.3 is 0 Å². The number of fused-ring (bicyclic) bond motifs is 4. The normalized spacial score (nSPS) is 17.4. The molecular weight excluding hydrogens is 444 g/mol. The van der Waals surface area contributed by atoms with Crippen molar-refractivity contribution in [3.63, 3.8) is 0 Å². The molecule has 0 radical (unpaired) electrons. The number of benzene rings is 2. The number of anilines is 1. The number of nitrogens with two attached hydrogens (primary N) is 1. The van der Waals surface area contributed by atoms with Crippen LogP contribution in [0.4, 0.5) is 14.7 Å². The van der Waals surface area contributed by atoms with E-state index in [1.807, 2.05) is 4.90 Å². The second kappa shape index (κ2) is 7.68. The van der Waals surface area contributed by atoms with Crippen LogP contribution in [0, 0.1) is 23.0 Å². The van der Waals surface area contributed by atoms with Gasteiger partial charge in [0.2, 0.25) is 5.95 Å². The number of rotatable bonds is 2. The molecule has 0 atom stereocenters. The van der Waals surface area contributed by atoms with Crippen molar-refractivity contribution >= 4 is 34.2 Å². The van der Waals surface area contributed by atoms with E-state index in [9.17, 15) is 5.26 Å². The summed E-state index contributed by atoms with van der Waals surface area (Å²) in [7, 11) is 0. The van der Waals surface area contributed by atoms with E-state index in [1.165, 1.54) is 17.8 Å². The molecule has 6 nitrogen and oxygen atoms in total. The minimum Gasteiger partial charge on any atom is -0.400 e. The van der Waals surface area contributed by atoms with Crippen LogP contribution >= 0.6 is 11.8 Å². The average Bonchev–Trinajstić information content (AvgIpc) is 3.53. The van der Waals surface area contributed by atoms with E-state index < -0.39 is 11.6 Å². The highest BCUT2D eigenvalue weighted by Gasteiger charge is 2.32. The van der Waals surface area contributed by atoms with Crippen molar-refractivity contribution in [2.45, 2.75) is 31.0 Å². The summed E-state index contributed by atoms with van der Waals surface area (Å²) < 4.78 is 37.4. The van der Waals surface area contributed by atoms with Gasteiger partial charge in [-0.2, -0.15) is 5.26 Å². The topological polar surface area (TPSA) is 88.1 Å². The summed E-state index contributed by atoms with van der Waals surface area (Å²) in [6.07, 6.45) is 3.72. The largest absolute Gasteiger partial charge is 0.400 e. The maximum Gasteiger partial charge on any atom is 0.225 e. The lowest BCUT2D eigenvalue weighted by Gasteiger charge is -2.23. The van der Waals surface area contributed by atoms with Crippen molar-refractivity contribution in [3.05, 3.63) is 52.4 Å². The van der Waals surface area contributed by atoms with E-state index in [0.717, 1.165) is 31.5 Å². The van der Waals surface area contributed by atoms with E-state index >= 15 is 8.78 Å². The molecule has 3 aliphatic rings. The Labute approximate surface area is 193 Å². The third kappa shape index (κ3) is 3.01. The van der Waals surface area contributed by atoms with Gasteiger partial charge in [0.1, 0.15) is 17.4 Å². The molecule has 1 fully saturated rings. The fraction of sp³-hybridized carbons (Fsp3) is 0.292. The van der Waals surface area contributed by atoms with Crippen molar-refractivity contribution in [1.82, 2.24) is 9.97 Å². The Kier molecular flexibility index (Phi) is 4.75. The van der Waals surface area contributed by atoms with Crippen molar-refractivity contribution in [2.75, 3.05) is 23.7 Å². The first-order valence-corrected chi connectivity index (χ1v) is 11.7. The van der Waals surface area contributed by atoms with Crippen LogP contribution in [0.3, 0.4) is 0 Å². The van der Waals surface area contributed by atoms with Gasteiger partial charge in [-0.1, -0.05) is 0 Å². The molecule has 9 heteroatoms. The highest BCUT2D eigenvalue weighted by Crippen LogP contribution is 2.47. The lowest BCUT2D eigenvalue weighted by Crippen LogP contribution is -2.20. The first-order chi connectivity index (χ1) is 16.1. The van der Waals surface area contributed by atoms with Gasteiger partial charge in [-0.05, 0) is 36.1 Å². The standard InChI is InChI=1S/C24H19F2N5OS/c25-16-3-4-18-19(12(7-27)17(28)11-33-18)21(16)20-15-10-32-9-14(15)13-8-29-24(30-23(13)22(20)26)31-5-1-2-6-31/h3-4,8H,1-2,5-6,9-11,28H2. The number of hydrogen-bond donors (Lipinski definition) is 1. The van der Waals surface area contributed by atoms with Gasteiger partial charge in [0, 0.05) is 57.7 Å². The van der Waals surface area contributed by atoms with Crippen LogP contribution < -0.4 is 10.6 Å². The molecule has 0 unspecified atom stereocenters. The maximum absolute atomic E-state index is 16.3. The Hall–Kier alpha value is -3.22. The van der Waals surface area contributed by atoms with Crippen LogP contribution in [0.25, 0.3) is 27.6 Å². The molecule has 2 N–H and O–H groups in total. The van der Waals surface area contributed by atoms with Crippen molar-refractivity contribution in [1.29, 1.82) is 5.26 Å². The Morgan fingerprint density at radius 3 is 2.67 bits per heavy atom. The molecule has 0 bridgehead atoms. The van der Waals surface area contributed by atoms with Gasteiger partial charge in [-0.15, -0.1) is 11.8 Å². The number of ether oxygens (including phenoxy) is 1. The molecule has 3 aliphatic heterocycles. The van der Waals surface area contributed by atoms with Gasteiger partial charge in [0.15, 0.2) is 5.82 Å². The van der Waals surface area contributed by atoms with Gasteiger partial charge in [0.25, 0.3) is 0 Å². The molecule has 33 heavy (non-hydrogen) atoms. The highest BCUT2D eigenvalue weighted by atomic mass is 32.2. The third-order valence-corrected chi connectivity index (χ3v) is 7.62. The van der Waals surface area contributed by atoms with E-state index in [1.54, 1.807) is 12.3 Å². The molecule has 0 amide bonds. The van der Waals surface area contributed by atoms with Gasteiger partial charge in [-0.25, -0.2) is 18.7 Å². The summed E-state index contributed by atoms with van der Waals surface area (Å²) in [6, 6.07) is 5.04. The summed E-state index contributed by atoms with van der Waals surface area (Å²) in [6.45, 7) is 2.05. The molecule has 1 saturated heterocycles. The van der Waals surface area contributed by atoms with Gasteiger partial charge in [0.05, 0.1) is 18.8 Å². The SMILES string of the molecule is N#CC1=C(N)CSc2ccc(F)c(-c3c4c(c5cnc(N6CCCC6)nc5c3F)COC4)c21. The number of nitrogens with zero attached hydrogens (tertiary/aromatic N) is 4. The molecule has 166 valence electrons. The summed E-state index contributed by atoms with van der Waals surface area (Å²) >= 11 is 1.41. The molecule has 1 aromatic heterocycles. The van der Waals surface area contributed by atoms with Crippen LogP contribution in [0.2, 0.25) is 0 Å². The first-order valence-electron chi connectivity index (χ1n) is 10.8. The lowest BCUT2D eigenvalue weighted by molar-refractivity contribution is 0.135. The Bertz CT molecular complexity index is 1410. The number of aromatic nitrogens is 2. The predicted octanol–water partition coefficient (Wildman–Crippen LogP) is 4.50. The minimum absolute atomic E-state index is 0.0432. The van der Waals surface area contributed by atoms with E-state index in [0.29, 0.717) is 38.8 Å². The summed E-state index contributed by atoms with van der Waals surface area (Å²) in [5.74, 6) is -0.347. The van der Waals surface area contributed by atoms with Crippen LogP contribution in [-0.4, -0.2) is 28.8 Å². The summed E-state index contributed by atoms with van der Waals surface area (Å²) in [5, 5.41) is 10.4. The van der Waals surface area contributed by atoms with Crippen molar-refractivity contribution < 1.29 is 13.5 Å². The minimum atomic E-state index is -0.629. The summed E-state index contributed by atoms with van der Waals surface area (Å²) in [4.78, 5) is 11.8.